The molecule has 18 heavy (non-hydrogen) atoms. The molecule has 3 heteroatoms. The van der Waals surface area contributed by atoms with Gasteiger partial charge in [0, 0.05) is 21.6 Å². The SMILES string of the molecule is O=[N+]([O-])Cc1cccc(C#Cc2ccccc2)c1. The minimum absolute atomic E-state index is 0.166. The van der Waals surface area contributed by atoms with E-state index in [4.69, 9.17) is 0 Å². The van der Waals surface area contributed by atoms with E-state index >= 15 is 0 Å². The number of hydrogen-bond acceptors (Lipinski definition) is 2. The molecular weight excluding hydrogens is 226 g/mol. The minimum Gasteiger partial charge on any atom is -0.264 e. The molecule has 0 saturated heterocycles. The highest BCUT2D eigenvalue weighted by atomic mass is 16.6. The number of rotatable bonds is 2. The molecule has 0 spiro atoms. The second-order valence-electron chi connectivity index (χ2n) is 3.81. The Labute approximate surface area is 105 Å². The fourth-order valence-corrected chi connectivity index (χ4v) is 1.56. The van der Waals surface area contributed by atoms with Crippen molar-refractivity contribution < 1.29 is 4.92 Å². The van der Waals surface area contributed by atoms with Crippen LogP contribution in [0, 0.1) is 22.0 Å². The topological polar surface area (TPSA) is 43.1 Å². The first-order chi connectivity index (χ1) is 8.74. The van der Waals surface area contributed by atoms with E-state index < -0.39 is 0 Å². The zero-order chi connectivity index (χ0) is 12.8. The van der Waals surface area contributed by atoms with Gasteiger partial charge in [0.25, 0.3) is 0 Å². The van der Waals surface area contributed by atoms with Gasteiger partial charge in [-0.3, -0.25) is 10.1 Å². The third-order valence-electron chi connectivity index (χ3n) is 2.36. The first kappa shape index (κ1) is 11.9. The molecule has 0 heterocycles. The van der Waals surface area contributed by atoms with E-state index in [9.17, 15) is 10.1 Å². The molecule has 0 saturated carbocycles. The lowest BCUT2D eigenvalue weighted by Crippen LogP contribution is -1.97. The normalized spacial score (nSPS) is 9.33. The van der Waals surface area contributed by atoms with Crippen LogP contribution in [0.5, 0.6) is 0 Å². The molecule has 2 aromatic rings. The summed E-state index contributed by atoms with van der Waals surface area (Å²) in [6.45, 7) is -0.166. The van der Waals surface area contributed by atoms with Crippen LogP contribution in [0.25, 0.3) is 0 Å². The molecule has 0 amide bonds. The van der Waals surface area contributed by atoms with Gasteiger partial charge in [0.15, 0.2) is 0 Å². The predicted molar refractivity (Wildman–Crippen MR) is 69.6 cm³/mol. The summed E-state index contributed by atoms with van der Waals surface area (Å²) >= 11 is 0. The van der Waals surface area contributed by atoms with Crippen molar-refractivity contribution in [1.82, 2.24) is 0 Å². The molecule has 0 unspecified atom stereocenters. The highest BCUT2D eigenvalue weighted by molar-refractivity contribution is 5.43. The van der Waals surface area contributed by atoms with Gasteiger partial charge < -0.3 is 0 Å². The molecule has 2 aromatic carbocycles. The van der Waals surface area contributed by atoms with E-state index in [2.05, 4.69) is 11.8 Å². The van der Waals surface area contributed by atoms with Crippen molar-refractivity contribution in [1.29, 1.82) is 0 Å². The Morgan fingerprint density at radius 1 is 0.944 bits per heavy atom. The van der Waals surface area contributed by atoms with Crippen molar-refractivity contribution in [3.8, 4) is 11.8 Å². The van der Waals surface area contributed by atoms with Gasteiger partial charge in [-0.05, 0) is 24.3 Å². The summed E-state index contributed by atoms with van der Waals surface area (Å²) in [5, 5.41) is 10.4. The van der Waals surface area contributed by atoms with Gasteiger partial charge >= 0.3 is 0 Å². The zero-order valence-electron chi connectivity index (χ0n) is 9.67. The van der Waals surface area contributed by atoms with Crippen LogP contribution >= 0.6 is 0 Å². The van der Waals surface area contributed by atoms with Crippen LogP contribution in [-0.4, -0.2) is 4.92 Å². The summed E-state index contributed by atoms with van der Waals surface area (Å²) in [6, 6.07) is 16.7. The lowest BCUT2D eigenvalue weighted by atomic mass is 10.1. The second-order valence-corrected chi connectivity index (χ2v) is 3.81. The van der Waals surface area contributed by atoms with Crippen molar-refractivity contribution >= 4 is 0 Å². The van der Waals surface area contributed by atoms with E-state index in [1.165, 1.54) is 0 Å². The summed E-state index contributed by atoms with van der Waals surface area (Å²) in [7, 11) is 0. The van der Waals surface area contributed by atoms with Crippen molar-refractivity contribution in [2.75, 3.05) is 0 Å². The molecule has 0 aliphatic rings. The largest absolute Gasteiger partial charge is 0.264 e. The van der Waals surface area contributed by atoms with Gasteiger partial charge in [-0.15, -0.1) is 0 Å². The average Bonchev–Trinajstić information content (AvgIpc) is 2.37. The van der Waals surface area contributed by atoms with Gasteiger partial charge in [0.2, 0.25) is 6.54 Å². The third kappa shape index (κ3) is 3.46. The van der Waals surface area contributed by atoms with Crippen LogP contribution in [0.1, 0.15) is 16.7 Å². The molecule has 3 nitrogen and oxygen atoms in total. The molecule has 0 fully saturated rings. The maximum Gasteiger partial charge on any atom is 0.228 e. The number of nitro groups is 1. The van der Waals surface area contributed by atoms with E-state index in [1.807, 2.05) is 36.4 Å². The Bertz CT molecular complexity index is 609. The molecule has 2 rings (SSSR count). The van der Waals surface area contributed by atoms with E-state index in [0.29, 0.717) is 5.56 Å². The molecule has 0 radical (unpaired) electrons. The van der Waals surface area contributed by atoms with E-state index in [0.717, 1.165) is 11.1 Å². The number of nitrogens with zero attached hydrogens (tertiary/aromatic N) is 1. The van der Waals surface area contributed by atoms with Crippen molar-refractivity contribution in [3.05, 3.63) is 81.4 Å². The molecule has 0 aliphatic heterocycles. The molecule has 0 aromatic heterocycles. The third-order valence-corrected chi connectivity index (χ3v) is 2.36. The van der Waals surface area contributed by atoms with E-state index in [-0.39, 0.29) is 11.5 Å². The Balaban J connectivity index is 2.20. The van der Waals surface area contributed by atoms with Crippen molar-refractivity contribution in [3.63, 3.8) is 0 Å². The Morgan fingerprint density at radius 3 is 2.33 bits per heavy atom. The second kappa shape index (κ2) is 5.65. The maximum absolute atomic E-state index is 10.4. The highest BCUT2D eigenvalue weighted by Gasteiger charge is 2.00. The Kier molecular flexibility index (Phi) is 3.72. The quantitative estimate of drug-likeness (QED) is 0.458. The van der Waals surface area contributed by atoms with Gasteiger partial charge in [0.05, 0.1) is 0 Å². The highest BCUT2D eigenvalue weighted by Crippen LogP contribution is 2.05. The summed E-state index contributed by atoms with van der Waals surface area (Å²) in [5.41, 5.74) is 2.38. The Hall–Kier alpha value is -2.60. The molecule has 0 aliphatic carbocycles. The predicted octanol–water partition coefficient (Wildman–Crippen LogP) is 2.86. The lowest BCUT2D eigenvalue weighted by molar-refractivity contribution is -0.496. The standard InChI is InChI=1S/C15H11NO2/c17-16(18)12-15-8-4-7-14(11-15)10-9-13-5-2-1-3-6-13/h1-8,11H,12H2. The first-order valence-electron chi connectivity index (χ1n) is 5.52. The molecule has 0 atom stereocenters. The maximum atomic E-state index is 10.4. The first-order valence-corrected chi connectivity index (χ1v) is 5.52. The average molecular weight is 237 g/mol. The fourth-order valence-electron chi connectivity index (χ4n) is 1.56. The van der Waals surface area contributed by atoms with Crippen LogP contribution in [0.15, 0.2) is 54.6 Å². The van der Waals surface area contributed by atoms with Crippen LogP contribution in [0.2, 0.25) is 0 Å². The molecule has 0 N–H and O–H groups in total. The van der Waals surface area contributed by atoms with Crippen LogP contribution in [-0.2, 0) is 6.54 Å². The van der Waals surface area contributed by atoms with Gasteiger partial charge in [0.1, 0.15) is 0 Å². The van der Waals surface area contributed by atoms with Gasteiger partial charge in [-0.2, -0.15) is 0 Å². The van der Waals surface area contributed by atoms with E-state index in [1.54, 1.807) is 18.2 Å². The number of hydrogen-bond donors (Lipinski definition) is 0. The van der Waals surface area contributed by atoms with Crippen molar-refractivity contribution in [2.45, 2.75) is 6.54 Å². The van der Waals surface area contributed by atoms with Gasteiger partial charge in [-0.25, -0.2) is 0 Å². The monoisotopic (exact) mass is 237 g/mol. The summed E-state index contributed by atoms with van der Waals surface area (Å²) in [4.78, 5) is 10.1. The van der Waals surface area contributed by atoms with Crippen LogP contribution in [0.3, 0.4) is 0 Å². The van der Waals surface area contributed by atoms with Gasteiger partial charge in [-0.1, -0.05) is 42.2 Å². The van der Waals surface area contributed by atoms with Crippen molar-refractivity contribution in [2.24, 2.45) is 0 Å². The summed E-state index contributed by atoms with van der Waals surface area (Å²) in [6.07, 6.45) is 0. The summed E-state index contributed by atoms with van der Waals surface area (Å²) in [5.74, 6) is 6.02. The molecule has 0 bridgehead atoms. The smallest absolute Gasteiger partial charge is 0.228 e. The summed E-state index contributed by atoms with van der Waals surface area (Å²) < 4.78 is 0. The lowest BCUT2D eigenvalue weighted by Gasteiger charge is -1.95. The molecule has 88 valence electrons. The fraction of sp³-hybridized carbons (Fsp3) is 0.0667. The Morgan fingerprint density at radius 2 is 1.61 bits per heavy atom. The zero-order valence-corrected chi connectivity index (χ0v) is 9.67. The minimum atomic E-state index is -0.344. The van der Waals surface area contributed by atoms with Crippen LogP contribution in [0.4, 0.5) is 0 Å². The molecular formula is C15H11NO2. The van der Waals surface area contributed by atoms with Crippen LogP contribution < -0.4 is 0 Å². The number of benzene rings is 2.